The zero-order valence-electron chi connectivity index (χ0n) is 19.9. The number of nitrogens with zero attached hydrogens (tertiary/aromatic N) is 6. The van der Waals surface area contributed by atoms with Crippen LogP contribution in [0.2, 0.25) is 25.7 Å². The van der Waals surface area contributed by atoms with E-state index in [0.29, 0.717) is 37.4 Å². The molecule has 1 aliphatic heterocycles. The van der Waals surface area contributed by atoms with Gasteiger partial charge in [-0.15, -0.1) is 0 Å². The summed E-state index contributed by atoms with van der Waals surface area (Å²) in [6, 6.07) is 5.23. The predicted molar refractivity (Wildman–Crippen MR) is 133 cm³/mol. The molecule has 3 aromatic heterocycles. The molecule has 0 radical (unpaired) electrons. The zero-order valence-corrected chi connectivity index (χ0v) is 21.7. The van der Waals surface area contributed by atoms with Crippen molar-refractivity contribution in [2.75, 3.05) is 23.8 Å². The summed E-state index contributed by atoms with van der Waals surface area (Å²) in [4.78, 5) is 8.92. The van der Waals surface area contributed by atoms with Gasteiger partial charge in [0.25, 0.3) is 0 Å². The molecule has 0 aliphatic carbocycles. The van der Waals surface area contributed by atoms with Crippen molar-refractivity contribution in [1.29, 1.82) is 5.26 Å². The van der Waals surface area contributed by atoms with Gasteiger partial charge in [-0.25, -0.2) is 18.4 Å². The third-order valence-corrected chi connectivity index (χ3v) is 9.79. The van der Waals surface area contributed by atoms with Crippen LogP contribution in [-0.2, 0) is 26.8 Å². The standard InChI is InChI=1S/C22H31N7O3SSi/c1-34(2,3)13-10-32-16-28-9-4-17-19(25-15-26-21(17)28)18-14-29(27-20(18)24)22(5-8-23)6-11-33(30,31)12-7-22/h4,9,14-15H,5-7,10-13,16H2,1-3H3,(H2,24,27). The van der Waals surface area contributed by atoms with Crippen LogP contribution in [0.5, 0.6) is 0 Å². The molecule has 182 valence electrons. The lowest BCUT2D eigenvalue weighted by Crippen LogP contribution is -2.42. The van der Waals surface area contributed by atoms with Crippen molar-refractivity contribution >= 4 is 34.8 Å². The van der Waals surface area contributed by atoms with Crippen LogP contribution in [0.25, 0.3) is 22.3 Å². The Kier molecular flexibility index (Phi) is 6.54. The Morgan fingerprint density at radius 2 is 2.00 bits per heavy atom. The molecule has 12 heteroatoms. The lowest BCUT2D eigenvalue weighted by atomic mass is 9.89. The lowest BCUT2D eigenvalue weighted by molar-refractivity contribution is 0.0899. The number of sulfone groups is 1. The normalized spacial score (nSPS) is 17.6. The molecule has 1 aliphatic rings. The highest BCUT2D eigenvalue weighted by Crippen LogP contribution is 2.37. The SMILES string of the molecule is C[Si](C)(C)CCOCn1ccc2c(-c3cn(C4(CC#N)CCS(=O)(=O)CC4)nc3N)ncnc21. The van der Waals surface area contributed by atoms with E-state index in [1.54, 1.807) is 10.9 Å². The minimum absolute atomic E-state index is 0.0298. The van der Waals surface area contributed by atoms with E-state index in [1.807, 2.05) is 16.8 Å². The molecule has 10 nitrogen and oxygen atoms in total. The first-order valence-electron chi connectivity index (χ1n) is 11.3. The molecule has 2 N–H and O–H groups in total. The van der Waals surface area contributed by atoms with Gasteiger partial charge in [0.15, 0.2) is 15.7 Å². The van der Waals surface area contributed by atoms with E-state index in [9.17, 15) is 13.7 Å². The Morgan fingerprint density at radius 1 is 1.26 bits per heavy atom. The van der Waals surface area contributed by atoms with Crippen LogP contribution in [0.4, 0.5) is 5.82 Å². The van der Waals surface area contributed by atoms with Gasteiger partial charge in [0.2, 0.25) is 0 Å². The van der Waals surface area contributed by atoms with Crippen molar-refractivity contribution in [3.8, 4) is 17.3 Å². The average molecular weight is 502 g/mol. The summed E-state index contributed by atoms with van der Waals surface area (Å²) in [7, 11) is -4.26. The third kappa shape index (κ3) is 5.01. The van der Waals surface area contributed by atoms with Gasteiger partial charge < -0.3 is 15.0 Å². The Labute approximate surface area is 200 Å². The number of nitriles is 1. The van der Waals surface area contributed by atoms with Gasteiger partial charge in [-0.05, 0) is 25.0 Å². The molecule has 4 rings (SSSR count). The Morgan fingerprint density at radius 3 is 2.68 bits per heavy atom. The average Bonchev–Trinajstić information content (AvgIpc) is 3.36. The van der Waals surface area contributed by atoms with Gasteiger partial charge in [0, 0.05) is 32.5 Å². The van der Waals surface area contributed by atoms with Crippen molar-refractivity contribution in [2.45, 2.75) is 57.2 Å². The molecule has 34 heavy (non-hydrogen) atoms. The highest BCUT2D eigenvalue weighted by Gasteiger charge is 2.40. The van der Waals surface area contributed by atoms with Crippen LogP contribution in [0, 0.1) is 11.3 Å². The first-order chi connectivity index (χ1) is 16.0. The Balaban J connectivity index is 1.63. The number of anilines is 1. The minimum atomic E-state index is -3.09. The molecule has 0 bridgehead atoms. The molecular formula is C22H31N7O3SSi. The second-order valence-corrected chi connectivity index (χ2v) is 18.1. The van der Waals surface area contributed by atoms with Gasteiger partial charge in [-0.2, -0.15) is 10.4 Å². The highest BCUT2D eigenvalue weighted by molar-refractivity contribution is 7.91. The fourth-order valence-corrected chi connectivity index (χ4v) is 6.57. The maximum atomic E-state index is 12.0. The maximum Gasteiger partial charge on any atom is 0.154 e. The van der Waals surface area contributed by atoms with Gasteiger partial charge >= 0.3 is 0 Å². The minimum Gasteiger partial charge on any atom is -0.382 e. The van der Waals surface area contributed by atoms with Crippen LogP contribution < -0.4 is 5.73 Å². The quantitative estimate of drug-likeness (QED) is 0.367. The van der Waals surface area contributed by atoms with Gasteiger partial charge in [0.1, 0.15) is 18.7 Å². The largest absolute Gasteiger partial charge is 0.382 e. The van der Waals surface area contributed by atoms with E-state index in [4.69, 9.17) is 10.5 Å². The second kappa shape index (κ2) is 9.13. The first kappa shape index (κ1) is 24.4. The molecular weight excluding hydrogens is 470 g/mol. The lowest BCUT2D eigenvalue weighted by Gasteiger charge is -2.35. The van der Waals surface area contributed by atoms with E-state index in [2.05, 4.69) is 40.8 Å². The smallest absolute Gasteiger partial charge is 0.154 e. The van der Waals surface area contributed by atoms with Crippen LogP contribution in [0.1, 0.15) is 19.3 Å². The van der Waals surface area contributed by atoms with Gasteiger partial charge in [0.05, 0.1) is 40.8 Å². The number of rotatable bonds is 8. The van der Waals surface area contributed by atoms with Crippen LogP contribution in [0.15, 0.2) is 24.8 Å². The van der Waals surface area contributed by atoms with Crippen LogP contribution in [-0.4, -0.2) is 58.9 Å². The number of nitrogen functional groups attached to an aromatic ring is 1. The number of aromatic nitrogens is 5. The monoisotopic (exact) mass is 501 g/mol. The van der Waals surface area contributed by atoms with Gasteiger partial charge in [-0.3, -0.25) is 4.68 Å². The number of hydrogen-bond donors (Lipinski definition) is 1. The summed E-state index contributed by atoms with van der Waals surface area (Å²) in [5, 5.41) is 14.8. The van der Waals surface area contributed by atoms with E-state index < -0.39 is 23.5 Å². The summed E-state index contributed by atoms with van der Waals surface area (Å²) in [6.45, 7) is 8.07. The van der Waals surface area contributed by atoms with Crippen molar-refractivity contribution in [2.24, 2.45) is 0 Å². The predicted octanol–water partition coefficient (Wildman–Crippen LogP) is 3.01. The van der Waals surface area contributed by atoms with Crippen molar-refractivity contribution in [3.63, 3.8) is 0 Å². The van der Waals surface area contributed by atoms with Crippen LogP contribution in [0.3, 0.4) is 0 Å². The number of nitrogens with two attached hydrogens (primary N) is 1. The molecule has 4 heterocycles. The molecule has 0 spiro atoms. The van der Waals surface area contributed by atoms with Crippen molar-refractivity contribution < 1.29 is 13.2 Å². The fraction of sp³-hybridized carbons (Fsp3) is 0.545. The summed E-state index contributed by atoms with van der Waals surface area (Å²) >= 11 is 0. The van der Waals surface area contributed by atoms with Crippen molar-refractivity contribution in [3.05, 3.63) is 24.8 Å². The Bertz CT molecular complexity index is 1320. The summed E-state index contributed by atoms with van der Waals surface area (Å²) in [5.41, 5.74) is 7.62. The first-order valence-corrected chi connectivity index (χ1v) is 16.9. The fourth-order valence-electron chi connectivity index (χ4n) is 4.23. The molecule has 1 saturated heterocycles. The second-order valence-electron chi connectivity index (χ2n) is 10.2. The highest BCUT2D eigenvalue weighted by atomic mass is 32.2. The summed E-state index contributed by atoms with van der Waals surface area (Å²) in [6.07, 6.45) is 6.01. The molecule has 0 saturated carbocycles. The van der Waals surface area contributed by atoms with E-state index in [1.165, 1.54) is 6.33 Å². The molecule has 0 unspecified atom stereocenters. The number of ether oxygens (including phenoxy) is 1. The van der Waals surface area contributed by atoms with Gasteiger partial charge in [-0.1, -0.05) is 19.6 Å². The van der Waals surface area contributed by atoms with Crippen LogP contribution >= 0.6 is 0 Å². The molecule has 1 fully saturated rings. The third-order valence-electron chi connectivity index (χ3n) is 6.43. The molecule has 3 aromatic rings. The van der Waals surface area contributed by atoms with E-state index >= 15 is 0 Å². The topological polar surface area (TPSA) is 142 Å². The number of fused-ring (bicyclic) bond motifs is 1. The van der Waals surface area contributed by atoms with Crippen molar-refractivity contribution in [1.82, 2.24) is 24.3 Å². The summed E-state index contributed by atoms with van der Waals surface area (Å²) in [5.74, 6) is 0.342. The molecule has 0 amide bonds. The van der Waals surface area contributed by atoms with E-state index in [0.717, 1.165) is 17.1 Å². The molecule has 0 aromatic carbocycles. The van der Waals surface area contributed by atoms with E-state index in [-0.39, 0.29) is 23.7 Å². The maximum absolute atomic E-state index is 12.0. The number of hydrogen-bond acceptors (Lipinski definition) is 8. The zero-order chi connectivity index (χ0) is 24.6. The summed E-state index contributed by atoms with van der Waals surface area (Å²) < 4.78 is 33.5. The Hall–Kier alpha value is -2.75. The molecule has 0 atom stereocenters.